The highest BCUT2D eigenvalue weighted by Crippen LogP contribution is 2.23. The van der Waals surface area contributed by atoms with Crippen LogP contribution in [-0.2, 0) is 16.1 Å². The van der Waals surface area contributed by atoms with Gasteiger partial charge >= 0.3 is 0 Å². The van der Waals surface area contributed by atoms with Crippen LogP contribution < -0.4 is 10.6 Å². The van der Waals surface area contributed by atoms with Crippen molar-refractivity contribution in [3.8, 4) is 0 Å². The molecule has 0 aromatic heterocycles. The predicted molar refractivity (Wildman–Crippen MR) is 99.2 cm³/mol. The summed E-state index contributed by atoms with van der Waals surface area (Å²) in [5.74, 6) is -0.527. The van der Waals surface area contributed by atoms with E-state index in [-0.39, 0.29) is 23.7 Å². The van der Waals surface area contributed by atoms with Gasteiger partial charge in [-0.05, 0) is 43.7 Å². The number of hydrogen-bond donors (Lipinski definition) is 2. The van der Waals surface area contributed by atoms with Gasteiger partial charge in [-0.25, -0.2) is 4.39 Å². The zero-order chi connectivity index (χ0) is 18.5. The van der Waals surface area contributed by atoms with Crippen molar-refractivity contribution >= 4 is 23.2 Å². The second-order valence-corrected chi connectivity index (χ2v) is 6.47. The van der Waals surface area contributed by atoms with Crippen LogP contribution in [0.1, 0.15) is 25.3 Å². The van der Waals surface area contributed by atoms with Crippen LogP contribution in [0, 0.1) is 5.82 Å². The second kappa shape index (κ2) is 8.10. The molecule has 26 heavy (non-hydrogen) atoms. The number of hydrogen-bond acceptors (Lipinski definition) is 3. The molecule has 1 fully saturated rings. The summed E-state index contributed by atoms with van der Waals surface area (Å²) in [6.45, 7) is 2.61. The second-order valence-electron chi connectivity index (χ2n) is 6.47. The molecule has 1 aliphatic rings. The molecule has 2 aromatic rings. The van der Waals surface area contributed by atoms with Crippen molar-refractivity contribution in [1.82, 2.24) is 4.90 Å². The fourth-order valence-corrected chi connectivity index (χ4v) is 3.26. The molecule has 5 nitrogen and oxygen atoms in total. The molecule has 6 heteroatoms. The first-order valence-corrected chi connectivity index (χ1v) is 8.69. The molecule has 0 bridgehead atoms. The van der Waals surface area contributed by atoms with Crippen molar-refractivity contribution in [1.29, 1.82) is 0 Å². The van der Waals surface area contributed by atoms with E-state index in [9.17, 15) is 14.0 Å². The van der Waals surface area contributed by atoms with Gasteiger partial charge in [-0.3, -0.25) is 14.5 Å². The summed E-state index contributed by atoms with van der Waals surface area (Å²) in [5.41, 5.74) is 1.85. The summed E-state index contributed by atoms with van der Waals surface area (Å²) in [5, 5.41) is 5.60. The van der Waals surface area contributed by atoms with Crippen molar-refractivity contribution in [2.24, 2.45) is 0 Å². The average Bonchev–Trinajstić information content (AvgIpc) is 3.05. The van der Waals surface area contributed by atoms with Gasteiger partial charge in [0.1, 0.15) is 5.82 Å². The largest absolute Gasteiger partial charge is 0.326 e. The maximum atomic E-state index is 13.9. The lowest BCUT2D eigenvalue weighted by Gasteiger charge is -2.24. The molecule has 1 atom stereocenters. The van der Waals surface area contributed by atoms with E-state index in [1.165, 1.54) is 13.0 Å². The molecule has 2 amide bonds. The highest BCUT2D eigenvalue weighted by Gasteiger charge is 2.31. The van der Waals surface area contributed by atoms with Crippen LogP contribution >= 0.6 is 0 Å². The van der Waals surface area contributed by atoms with Crippen molar-refractivity contribution < 1.29 is 14.0 Å². The van der Waals surface area contributed by atoms with Gasteiger partial charge in [0.25, 0.3) is 0 Å². The number of carbonyl (C=O) groups excluding carboxylic acids is 2. The number of carbonyl (C=O) groups is 2. The molecule has 2 N–H and O–H groups in total. The maximum absolute atomic E-state index is 13.9. The van der Waals surface area contributed by atoms with Crippen molar-refractivity contribution in [2.45, 2.75) is 32.4 Å². The lowest BCUT2D eigenvalue weighted by Crippen LogP contribution is -2.39. The molecule has 0 spiro atoms. The van der Waals surface area contributed by atoms with Gasteiger partial charge < -0.3 is 10.6 Å². The van der Waals surface area contributed by atoms with Gasteiger partial charge in [-0.15, -0.1) is 0 Å². The summed E-state index contributed by atoms with van der Waals surface area (Å²) >= 11 is 0. The first-order valence-electron chi connectivity index (χ1n) is 8.69. The van der Waals surface area contributed by atoms with E-state index in [0.29, 0.717) is 23.5 Å². The molecular weight excluding hydrogens is 333 g/mol. The SMILES string of the molecule is CC(=O)Nc1cccc(NC(=O)C2CCCN2Cc2ccccc2F)c1. The molecule has 1 heterocycles. The van der Waals surface area contributed by atoms with Gasteiger partial charge in [0.05, 0.1) is 6.04 Å². The third-order valence-electron chi connectivity index (χ3n) is 4.45. The Hall–Kier alpha value is -2.73. The van der Waals surface area contributed by atoms with Crippen molar-refractivity contribution in [3.05, 3.63) is 59.9 Å². The van der Waals surface area contributed by atoms with Crippen LogP contribution in [0.5, 0.6) is 0 Å². The number of nitrogens with zero attached hydrogens (tertiary/aromatic N) is 1. The lowest BCUT2D eigenvalue weighted by molar-refractivity contribution is -0.120. The molecule has 1 saturated heterocycles. The molecule has 0 aliphatic carbocycles. The van der Waals surface area contributed by atoms with Gasteiger partial charge in [0, 0.05) is 30.4 Å². The van der Waals surface area contributed by atoms with Crippen LogP contribution in [-0.4, -0.2) is 29.3 Å². The Bertz CT molecular complexity index is 809. The minimum Gasteiger partial charge on any atom is -0.326 e. The summed E-state index contributed by atoms with van der Waals surface area (Å²) in [6, 6.07) is 13.4. The van der Waals surface area contributed by atoms with Crippen LogP contribution in [0.25, 0.3) is 0 Å². The molecule has 136 valence electrons. The average molecular weight is 355 g/mol. The molecule has 0 saturated carbocycles. The molecule has 0 radical (unpaired) electrons. The number of rotatable bonds is 5. The predicted octanol–water partition coefficient (Wildman–Crippen LogP) is 3.39. The zero-order valence-electron chi connectivity index (χ0n) is 14.7. The fourth-order valence-electron chi connectivity index (χ4n) is 3.26. The number of anilines is 2. The van der Waals surface area contributed by atoms with Crippen LogP contribution in [0.3, 0.4) is 0 Å². The highest BCUT2D eigenvalue weighted by molar-refractivity contribution is 5.96. The first-order chi connectivity index (χ1) is 12.5. The molecule has 1 unspecified atom stereocenters. The molecule has 3 rings (SSSR count). The molecular formula is C20H22FN3O2. The number of nitrogens with one attached hydrogen (secondary N) is 2. The van der Waals surface area contributed by atoms with E-state index >= 15 is 0 Å². The van der Waals surface area contributed by atoms with Gasteiger partial charge in [0.2, 0.25) is 11.8 Å². The minimum atomic E-state index is -0.293. The fraction of sp³-hybridized carbons (Fsp3) is 0.300. The highest BCUT2D eigenvalue weighted by atomic mass is 19.1. The normalized spacial score (nSPS) is 17.1. The van der Waals surface area contributed by atoms with Gasteiger partial charge in [-0.2, -0.15) is 0 Å². The first kappa shape index (κ1) is 18.1. The zero-order valence-corrected chi connectivity index (χ0v) is 14.7. The Balaban J connectivity index is 1.67. The third kappa shape index (κ3) is 4.46. The monoisotopic (exact) mass is 355 g/mol. The molecule has 1 aliphatic heterocycles. The third-order valence-corrected chi connectivity index (χ3v) is 4.45. The lowest BCUT2D eigenvalue weighted by atomic mass is 10.1. The van der Waals surface area contributed by atoms with Crippen LogP contribution in [0.15, 0.2) is 48.5 Å². The number of amides is 2. The Morgan fingerprint density at radius 2 is 1.85 bits per heavy atom. The van der Waals surface area contributed by atoms with E-state index in [4.69, 9.17) is 0 Å². The summed E-state index contributed by atoms with van der Waals surface area (Å²) in [4.78, 5) is 25.9. The maximum Gasteiger partial charge on any atom is 0.241 e. The Labute approximate surface area is 152 Å². The smallest absolute Gasteiger partial charge is 0.241 e. The van der Waals surface area contributed by atoms with E-state index < -0.39 is 0 Å². The van der Waals surface area contributed by atoms with E-state index in [1.807, 2.05) is 4.90 Å². The quantitative estimate of drug-likeness (QED) is 0.864. The standard InChI is InChI=1S/C20H22FN3O2/c1-14(25)22-16-7-4-8-17(12-16)23-20(26)19-10-5-11-24(19)13-15-6-2-3-9-18(15)21/h2-4,6-9,12,19H,5,10-11,13H2,1H3,(H,22,25)(H,23,26). The van der Waals surface area contributed by atoms with Crippen molar-refractivity contribution in [2.75, 3.05) is 17.2 Å². The minimum absolute atomic E-state index is 0.112. The Kier molecular flexibility index (Phi) is 5.63. The Morgan fingerprint density at radius 3 is 2.58 bits per heavy atom. The van der Waals surface area contributed by atoms with Crippen molar-refractivity contribution in [3.63, 3.8) is 0 Å². The number of likely N-dealkylation sites (tertiary alicyclic amines) is 1. The number of benzene rings is 2. The van der Waals surface area contributed by atoms with Gasteiger partial charge in [0.15, 0.2) is 0 Å². The van der Waals surface area contributed by atoms with E-state index in [2.05, 4.69) is 10.6 Å². The topological polar surface area (TPSA) is 61.4 Å². The summed E-state index contributed by atoms with van der Waals surface area (Å²) in [7, 11) is 0. The van der Waals surface area contributed by atoms with E-state index in [0.717, 1.165) is 19.4 Å². The Morgan fingerprint density at radius 1 is 1.12 bits per heavy atom. The molecule has 2 aromatic carbocycles. The summed E-state index contributed by atoms with van der Waals surface area (Å²) < 4.78 is 13.9. The van der Waals surface area contributed by atoms with Crippen LogP contribution in [0.4, 0.5) is 15.8 Å². The van der Waals surface area contributed by atoms with Crippen LogP contribution in [0.2, 0.25) is 0 Å². The van der Waals surface area contributed by atoms with Gasteiger partial charge in [-0.1, -0.05) is 24.3 Å². The number of halogens is 1. The summed E-state index contributed by atoms with van der Waals surface area (Å²) in [6.07, 6.45) is 1.64. The van der Waals surface area contributed by atoms with E-state index in [1.54, 1.807) is 42.5 Å².